The third-order valence-electron chi connectivity index (χ3n) is 5.76. The Hall–Kier alpha value is -2.95. The highest BCUT2D eigenvalue weighted by Gasteiger charge is 2.31. The minimum Gasteiger partial charge on any atom is -0.389 e. The van der Waals surface area contributed by atoms with E-state index in [-0.39, 0.29) is 33.7 Å². The number of nitrogens with one attached hydrogen (secondary N) is 2. The number of likely N-dealkylation sites (tertiary alicyclic amines) is 1. The zero-order valence-electron chi connectivity index (χ0n) is 18.4. The minimum atomic E-state index is -1.04. The van der Waals surface area contributed by atoms with Gasteiger partial charge in [0.1, 0.15) is 39.7 Å². The van der Waals surface area contributed by atoms with E-state index in [2.05, 4.69) is 15.3 Å². The Bertz CT molecular complexity index is 1020. The van der Waals surface area contributed by atoms with Crippen molar-refractivity contribution >= 4 is 34.3 Å². The quantitative estimate of drug-likeness (QED) is 0.430. The number of nitrogens with zero attached hydrogens (tertiary/aromatic N) is 3. The van der Waals surface area contributed by atoms with E-state index in [0.29, 0.717) is 12.4 Å². The second-order valence-corrected chi connectivity index (χ2v) is 8.83. The number of alkyl halides is 1. The van der Waals surface area contributed by atoms with Gasteiger partial charge in [0.05, 0.1) is 12.1 Å². The van der Waals surface area contributed by atoms with Gasteiger partial charge >= 0.3 is 0 Å². The van der Waals surface area contributed by atoms with Crippen molar-refractivity contribution in [3.8, 4) is 10.6 Å². The molecule has 1 fully saturated rings. The Morgan fingerprint density at radius 1 is 1.45 bits per heavy atom. The van der Waals surface area contributed by atoms with Gasteiger partial charge in [-0.15, -0.1) is 0 Å². The first-order valence-corrected chi connectivity index (χ1v) is 11.5. The van der Waals surface area contributed by atoms with Gasteiger partial charge in [0.2, 0.25) is 0 Å². The first kappa shape index (κ1) is 24.7. The fourth-order valence-electron chi connectivity index (χ4n) is 4.02. The molecule has 3 rings (SSSR count). The normalized spacial score (nSPS) is 20.3. The molecule has 1 aromatic carbocycles. The van der Waals surface area contributed by atoms with Crippen LogP contribution in [0.4, 0.5) is 18.2 Å². The average molecular weight is 481 g/mol. The lowest BCUT2D eigenvalue weighted by molar-refractivity contribution is 0.0949. The van der Waals surface area contributed by atoms with E-state index < -0.39 is 29.8 Å². The summed E-state index contributed by atoms with van der Waals surface area (Å²) < 4.78 is 42.9. The number of anilines is 1. The predicted octanol–water partition coefficient (Wildman–Crippen LogP) is 3.91. The van der Waals surface area contributed by atoms with Gasteiger partial charge in [-0.1, -0.05) is 30.7 Å². The Labute approximate surface area is 194 Å². The van der Waals surface area contributed by atoms with Crippen LogP contribution in [0.15, 0.2) is 23.2 Å². The Kier molecular flexibility index (Phi) is 8.06. The molecular formula is C22H27F3N6OS. The van der Waals surface area contributed by atoms with E-state index in [1.165, 1.54) is 13.1 Å². The lowest BCUT2D eigenvalue weighted by atomic mass is 9.96. The predicted molar refractivity (Wildman–Crippen MR) is 125 cm³/mol. The third-order valence-corrected chi connectivity index (χ3v) is 6.67. The fourth-order valence-corrected chi connectivity index (χ4v) is 4.89. The molecule has 11 heteroatoms. The summed E-state index contributed by atoms with van der Waals surface area (Å²) in [7, 11) is 1.52. The highest BCUT2D eigenvalue weighted by atomic mass is 32.1. The molecule has 1 amide bonds. The smallest absolute Gasteiger partial charge is 0.273 e. The number of hydrogen-bond donors (Lipinski definition) is 3. The number of nitrogen functional groups attached to an aromatic ring is 1. The lowest BCUT2D eigenvalue weighted by Gasteiger charge is -2.29. The van der Waals surface area contributed by atoms with Crippen LogP contribution in [0.1, 0.15) is 36.7 Å². The van der Waals surface area contributed by atoms with E-state index in [9.17, 15) is 18.0 Å². The molecule has 0 saturated carbocycles. The van der Waals surface area contributed by atoms with Crippen LogP contribution in [0, 0.1) is 23.0 Å². The SMILES string of the molecule is CCC1CCCN(C(=NC)C(C=N)NC(=O)c2nc(-c3c(F)cccc3F)sc2N)CC1F. The van der Waals surface area contributed by atoms with Crippen molar-refractivity contribution in [3.63, 3.8) is 0 Å². The van der Waals surface area contributed by atoms with Crippen LogP contribution in [0.5, 0.6) is 0 Å². The van der Waals surface area contributed by atoms with Gasteiger partial charge < -0.3 is 21.4 Å². The maximum atomic E-state index is 14.7. The van der Waals surface area contributed by atoms with E-state index in [1.54, 1.807) is 4.90 Å². The van der Waals surface area contributed by atoms with Crippen molar-refractivity contribution in [2.24, 2.45) is 10.9 Å². The Balaban J connectivity index is 1.81. The molecule has 3 unspecified atom stereocenters. The van der Waals surface area contributed by atoms with Crippen molar-refractivity contribution in [2.75, 3.05) is 25.9 Å². The monoisotopic (exact) mass is 480 g/mol. The van der Waals surface area contributed by atoms with Gasteiger partial charge in [-0.05, 0) is 30.9 Å². The maximum Gasteiger partial charge on any atom is 0.273 e. The number of halogens is 3. The molecule has 0 radical (unpaired) electrons. The van der Waals surface area contributed by atoms with Crippen molar-refractivity contribution < 1.29 is 18.0 Å². The summed E-state index contributed by atoms with van der Waals surface area (Å²) in [4.78, 5) is 22.9. The standard InChI is InChI=1S/C22H27F3N6OS/c1-3-12-6-5-9-31(11-15(12)25)20(28-2)16(10-26)29-21(32)18-19(27)33-22(30-18)17-13(23)7-4-8-14(17)24/h4,7-8,10,12,15-16,26H,3,5-6,9,11,27H2,1-2H3,(H,29,32). The van der Waals surface area contributed by atoms with Crippen LogP contribution in [-0.4, -0.2) is 60.2 Å². The number of hydrogen-bond acceptors (Lipinski definition) is 6. The van der Waals surface area contributed by atoms with Crippen molar-refractivity contribution in [1.29, 1.82) is 5.41 Å². The summed E-state index contributed by atoms with van der Waals surface area (Å²) in [5, 5.41) is 10.3. The molecule has 1 aromatic heterocycles. The molecule has 178 valence electrons. The number of aromatic nitrogens is 1. The number of thiazole rings is 1. The maximum absolute atomic E-state index is 14.7. The zero-order valence-corrected chi connectivity index (χ0v) is 19.3. The molecule has 1 aliphatic heterocycles. The highest BCUT2D eigenvalue weighted by Crippen LogP contribution is 2.33. The molecule has 2 aromatic rings. The van der Waals surface area contributed by atoms with Gasteiger partial charge in [0.25, 0.3) is 5.91 Å². The molecule has 0 aliphatic carbocycles. The topological polar surface area (TPSA) is 107 Å². The number of nitrogens with two attached hydrogens (primary N) is 1. The van der Waals surface area contributed by atoms with Crippen molar-refractivity contribution in [1.82, 2.24) is 15.2 Å². The second kappa shape index (κ2) is 10.8. The van der Waals surface area contributed by atoms with E-state index in [0.717, 1.165) is 48.9 Å². The number of benzene rings is 1. The summed E-state index contributed by atoms with van der Waals surface area (Å²) in [6.45, 7) is 2.64. The number of amides is 1. The molecule has 33 heavy (non-hydrogen) atoms. The third kappa shape index (κ3) is 5.35. The summed E-state index contributed by atoms with van der Waals surface area (Å²) >= 11 is 0.785. The van der Waals surface area contributed by atoms with E-state index in [1.807, 2.05) is 6.92 Å². The first-order chi connectivity index (χ1) is 15.8. The molecule has 7 nitrogen and oxygen atoms in total. The number of rotatable bonds is 6. The molecule has 2 heterocycles. The first-order valence-electron chi connectivity index (χ1n) is 10.7. The van der Waals surface area contributed by atoms with Gasteiger partial charge in [0, 0.05) is 19.8 Å². The summed E-state index contributed by atoms with van der Waals surface area (Å²) in [6, 6.07) is 2.47. The molecule has 0 bridgehead atoms. The van der Waals surface area contributed by atoms with Gasteiger partial charge in [-0.25, -0.2) is 18.2 Å². The van der Waals surface area contributed by atoms with Gasteiger partial charge in [-0.2, -0.15) is 0 Å². The van der Waals surface area contributed by atoms with Gasteiger partial charge in [0.15, 0.2) is 5.69 Å². The number of carbonyl (C=O) groups excluding carboxylic acids is 1. The van der Waals surface area contributed by atoms with E-state index in [4.69, 9.17) is 11.1 Å². The largest absolute Gasteiger partial charge is 0.389 e. The van der Waals surface area contributed by atoms with Crippen LogP contribution in [0.2, 0.25) is 0 Å². The minimum absolute atomic E-state index is 0.0201. The van der Waals surface area contributed by atoms with Crippen LogP contribution < -0.4 is 11.1 Å². The van der Waals surface area contributed by atoms with Crippen LogP contribution in [0.3, 0.4) is 0 Å². The Morgan fingerprint density at radius 3 is 2.76 bits per heavy atom. The molecular weight excluding hydrogens is 453 g/mol. The fraction of sp³-hybridized carbons (Fsp3) is 0.455. The van der Waals surface area contributed by atoms with Crippen LogP contribution in [-0.2, 0) is 0 Å². The summed E-state index contributed by atoms with van der Waals surface area (Å²) in [6.07, 6.45) is 2.23. The number of aliphatic imine (C=N–C) groups is 1. The molecule has 1 aliphatic rings. The van der Waals surface area contributed by atoms with Crippen LogP contribution >= 0.6 is 11.3 Å². The zero-order chi connectivity index (χ0) is 24.1. The number of carbonyl (C=O) groups is 1. The van der Waals surface area contributed by atoms with Gasteiger partial charge in [-0.3, -0.25) is 9.79 Å². The highest BCUT2D eigenvalue weighted by molar-refractivity contribution is 7.19. The van der Waals surface area contributed by atoms with Crippen molar-refractivity contribution in [2.45, 2.75) is 38.4 Å². The molecule has 1 saturated heterocycles. The summed E-state index contributed by atoms with van der Waals surface area (Å²) in [5.41, 5.74) is 5.35. The molecule has 4 N–H and O–H groups in total. The average Bonchev–Trinajstić information content (AvgIpc) is 3.06. The summed E-state index contributed by atoms with van der Waals surface area (Å²) in [5.74, 6) is -2.04. The molecule has 0 spiro atoms. The van der Waals surface area contributed by atoms with Crippen molar-refractivity contribution in [3.05, 3.63) is 35.5 Å². The van der Waals surface area contributed by atoms with Crippen LogP contribution in [0.25, 0.3) is 10.6 Å². The lowest BCUT2D eigenvalue weighted by Crippen LogP contribution is -2.51. The Morgan fingerprint density at radius 2 is 2.15 bits per heavy atom. The number of amidine groups is 1. The van der Waals surface area contributed by atoms with E-state index >= 15 is 0 Å². The second-order valence-electron chi connectivity index (χ2n) is 7.80. The molecule has 3 atom stereocenters.